The molecule has 0 bridgehead atoms. The van der Waals surface area contributed by atoms with Gasteiger partial charge in [0.15, 0.2) is 0 Å². The molecule has 1 atom stereocenters. The van der Waals surface area contributed by atoms with Gasteiger partial charge in [-0.05, 0) is 42.8 Å². The number of hydrazine groups is 1. The molecular weight excluding hydrogens is 365 g/mol. The van der Waals surface area contributed by atoms with Crippen molar-refractivity contribution < 1.29 is 23.5 Å². The smallest absolute Gasteiger partial charge is 0.268 e. The third-order valence-corrected chi connectivity index (χ3v) is 4.19. The zero-order valence-electron chi connectivity index (χ0n) is 15.3. The summed E-state index contributed by atoms with van der Waals surface area (Å²) in [5.74, 6) is -1.65. The van der Waals surface area contributed by atoms with Crippen molar-refractivity contribution in [1.82, 2.24) is 10.9 Å². The molecule has 1 unspecified atom stereocenters. The van der Waals surface area contributed by atoms with Crippen molar-refractivity contribution >= 4 is 23.4 Å². The number of amides is 3. The molecule has 3 rings (SSSR count). The van der Waals surface area contributed by atoms with Crippen molar-refractivity contribution in [2.75, 3.05) is 11.5 Å². The van der Waals surface area contributed by atoms with Crippen LogP contribution in [0.15, 0.2) is 48.5 Å². The number of imide groups is 1. The highest BCUT2D eigenvalue weighted by Gasteiger charge is 2.39. The number of rotatable bonds is 7. The standard InChI is InChI=1S/C20H20FN3O4/c1-2-11-28-14-9-7-13(8-10-14)24-18(25)12-17(20(24)27)22-23-19(26)15-5-3-4-6-16(15)21/h3-10,17,22H,2,11-12H2,1H3,(H,23,26). The van der Waals surface area contributed by atoms with Gasteiger partial charge in [-0.2, -0.15) is 0 Å². The molecule has 0 spiro atoms. The fourth-order valence-corrected chi connectivity index (χ4v) is 2.79. The van der Waals surface area contributed by atoms with E-state index in [2.05, 4.69) is 10.9 Å². The predicted octanol–water partition coefficient (Wildman–Crippen LogP) is 2.18. The van der Waals surface area contributed by atoms with Crippen LogP contribution in [0.2, 0.25) is 0 Å². The molecule has 1 aliphatic rings. The third-order valence-electron chi connectivity index (χ3n) is 4.19. The highest BCUT2D eigenvalue weighted by atomic mass is 19.1. The third kappa shape index (κ3) is 4.17. The van der Waals surface area contributed by atoms with Crippen LogP contribution in [-0.4, -0.2) is 30.4 Å². The zero-order chi connectivity index (χ0) is 20.1. The monoisotopic (exact) mass is 385 g/mol. The van der Waals surface area contributed by atoms with Crippen LogP contribution >= 0.6 is 0 Å². The molecule has 1 saturated heterocycles. The van der Waals surface area contributed by atoms with Crippen LogP contribution in [-0.2, 0) is 9.59 Å². The van der Waals surface area contributed by atoms with Crippen molar-refractivity contribution in [2.45, 2.75) is 25.8 Å². The van der Waals surface area contributed by atoms with E-state index in [-0.39, 0.29) is 12.0 Å². The van der Waals surface area contributed by atoms with E-state index in [1.807, 2.05) is 6.92 Å². The fraction of sp³-hybridized carbons (Fsp3) is 0.250. The lowest BCUT2D eigenvalue weighted by atomic mass is 10.2. The fourth-order valence-electron chi connectivity index (χ4n) is 2.79. The van der Waals surface area contributed by atoms with Crippen molar-refractivity contribution in [3.8, 4) is 5.75 Å². The Balaban J connectivity index is 1.63. The van der Waals surface area contributed by atoms with E-state index in [1.165, 1.54) is 18.2 Å². The second kappa shape index (κ2) is 8.62. The molecule has 2 N–H and O–H groups in total. The Morgan fingerprint density at radius 1 is 1.18 bits per heavy atom. The van der Waals surface area contributed by atoms with Gasteiger partial charge in [-0.3, -0.25) is 19.8 Å². The normalized spacial score (nSPS) is 16.4. The Labute approximate surface area is 161 Å². The van der Waals surface area contributed by atoms with Gasteiger partial charge in [0.25, 0.3) is 11.8 Å². The van der Waals surface area contributed by atoms with E-state index in [4.69, 9.17) is 4.74 Å². The minimum Gasteiger partial charge on any atom is -0.494 e. The van der Waals surface area contributed by atoms with Gasteiger partial charge in [-0.1, -0.05) is 19.1 Å². The van der Waals surface area contributed by atoms with E-state index in [0.717, 1.165) is 17.4 Å². The van der Waals surface area contributed by atoms with Crippen LogP contribution in [0.25, 0.3) is 0 Å². The molecule has 0 aromatic heterocycles. The summed E-state index contributed by atoms with van der Waals surface area (Å²) < 4.78 is 19.1. The number of benzene rings is 2. The van der Waals surface area contributed by atoms with Gasteiger partial charge in [-0.15, -0.1) is 0 Å². The average molecular weight is 385 g/mol. The average Bonchev–Trinajstić information content (AvgIpc) is 2.98. The molecule has 0 radical (unpaired) electrons. The van der Waals surface area contributed by atoms with Gasteiger partial charge in [0, 0.05) is 0 Å². The molecular formula is C20H20FN3O4. The molecule has 1 heterocycles. The van der Waals surface area contributed by atoms with Crippen LogP contribution in [0.3, 0.4) is 0 Å². The summed E-state index contributed by atoms with van der Waals surface area (Å²) in [7, 11) is 0. The quantitative estimate of drug-likeness (QED) is 0.564. The van der Waals surface area contributed by atoms with Crippen molar-refractivity contribution in [1.29, 1.82) is 0 Å². The number of nitrogens with zero attached hydrogens (tertiary/aromatic N) is 1. The largest absolute Gasteiger partial charge is 0.494 e. The highest BCUT2D eigenvalue weighted by molar-refractivity contribution is 6.22. The van der Waals surface area contributed by atoms with Crippen LogP contribution in [0, 0.1) is 5.82 Å². The molecule has 7 nitrogen and oxygen atoms in total. The minimum atomic E-state index is -0.931. The van der Waals surface area contributed by atoms with Gasteiger partial charge >= 0.3 is 0 Å². The number of ether oxygens (including phenoxy) is 1. The predicted molar refractivity (Wildman–Crippen MR) is 100 cm³/mol. The number of carbonyl (C=O) groups is 3. The highest BCUT2D eigenvalue weighted by Crippen LogP contribution is 2.25. The van der Waals surface area contributed by atoms with Crippen LogP contribution < -0.4 is 20.5 Å². The van der Waals surface area contributed by atoms with Gasteiger partial charge in [-0.25, -0.2) is 14.7 Å². The summed E-state index contributed by atoms with van der Waals surface area (Å²) >= 11 is 0. The van der Waals surface area contributed by atoms with Crippen molar-refractivity contribution in [3.05, 3.63) is 59.9 Å². The molecule has 1 fully saturated rings. The van der Waals surface area contributed by atoms with E-state index >= 15 is 0 Å². The van der Waals surface area contributed by atoms with Gasteiger partial charge in [0.1, 0.15) is 17.6 Å². The second-order valence-electron chi connectivity index (χ2n) is 6.24. The number of anilines is 1. The van der Waals surface area contributed by atoms with Crippen LogP contribution in [0.5, 0.6) is 5.75 Å². The topological polar surface area (TPSA) is 87.7 Å². The lowest BCUT2D eigenvalue weighted by Gasteiger charge is -2.16. The lowest BCUT2D eigenvalue weighted by molar-refractivity contribution is -0.121. The van der Waals surface area contributed by atoms with Crippen molar-refractivity contribution in [3.63, 3.8) is 0 Å². The number of hydrogen-bond donors (Lipinski definition) is 2. The lowest BCUT2D eigenvalue weighted by Crippen LogP contribution is -2.48. The number of halogens is 1. The minimum absolute atomic E-state index is 0.121. The maximum absolute atomic E-state index is 13.6. The van der Waals surface area contributed by atoms with E-state index < -0.39 is 29.6 Å². The van der Waals surface area contributed by atoms with E-state index in [9.17, 15) is 18.8 Å². The van der Waals surface area contributed by atoms with Crippen LogP contribution in [0.1, 0.15) is 30.1 Å². The maximum Gasteiger partial charge on any atom is 0.268 e. The van der Waals surface area contributed by atoms with Crippen molar-refractivity contribution in [2.24, 2.45) is 0 Å². The summed E-state index contributed by atoms with van der Waals surface area (Å²) in [5, 5.41) is 0. The van der Waals surface area contributed by atoms with E-state index in [0.29, 0.717) is 18.0 Å². The summed E-state index contributed by atoms with van der Waals surface area (Å²) in [4.78, 5) is 38.0. The first-order chi connectivity index (χ1) is 13.5. The summed E-state index contributed by atoms with van der Waals surface area (Å²) in [5.41, 5.74) is 5.07. The van der Waals surface area contributed by atoms with E-state index in [1.54, 1.807) is 24.3 Å². The maximum atomic E-state index is 13.6. The zero-order valence-corrected chi connectivity index (χ0v) is 15.3. The molecule has 1 aliphatic heterocycles. The van der Waals surface area contributed by atoms with Gasteiger partial charge in [0.05, 0.1) is 24.3 Å². The molecule has 3 amide bonds. The first-order valence-corrected chi connectivity index (χ1v) is 8.91. The first kappa shape index (κ1) is 19.5. The Hall–Kier alpha value is -3.26. The molecule has 8 heteroatoms. The Morgan fingerprint density at radius 2 is 1.89 bits per heavy atom. The molecule has 2 aromatic rings. The summed E-state index contributed by atoms with van der Waals surface area (Å²) in [6.45, 7) is 2.57. The Kier molecular flexibility index (Phi) is 6.00. The molecule has 2 aromatic carbocycles. The molecule has 0 aliphatic carbocycles. The number of hydrogen-bond acceptors (Lipinski definition) is 5. The number of carbonyl (C=O) groups excluding carboxylic acids is 3. The summed E-state index contributed by atoms with van der Waals surface area (Å²) in [6.07, 6.45) is 0.751. The van der Waals surface area contributed by atoms with Gasteiger partial charge < -0.3 is 4.74 Å². The summed E-state index contributed by atoms with van der Waals surface area (Å²) in [6, 6.07) is 11.2. The molecule has 146 valence electrons. The SMILES string of the molecule is CCCOc1ccc(N2C(=O)CC(NNC(=O)c3ccccc3F)C2=O)cc1. The Morgan fingerprint density at radius 3 is 2.57 bits per heavy atom. The second-order valence-corrected chi connectivity index (χ2v) is 6.24. The first-order valence-electron chi connectivity index (χ1n) is 8.91. The Bertz CT molecular complexity index is 885. The molecule has 28 heavy (non-hydrogen) atoms. The van der Waals surface area contributed by atoms with Crippen LogP contribution in [0.4, 0.5) is 10.1 Å². The van der Waals surface area contributed by atoms with Gasteiger partial charge in [0.2, 0.25) is 5.91 Å². The molecule has 0 saturated carbocycles. The number of nitrogens with one attached hydrogen (secondary N) is 2.